The highest BCUT2D eigenvalue weighted by molar-refractivity contribution is 5.78. The quantitative estimate of drug-likeness (QED) is 0.661. The molecular formula is C15H20FN3O. The molecule has 0 amide bonds. The molecule has 2 N–H and O–H groups in total. The first-order valence-electron chi connectivity index (χ1n) is 7.14. The molecule has 1 saturated heterocycles. The highest BCUT2D eigenvalue weighted by Crippen LogP contribution is 2.39. The minimum Gasteiger partial charge on any atom is -0.378 e. The van der Waals surface area contributed by atoms with Gasteiger partial charge in [0, 0.05) is 13.1 Å². The number of morpholine rings is 1. The number of ether oxygens (including phenoxy) is 1. The fourth-order valence-electron chi connectivity index (χ4n) is 2.81. The van der Waals surface area contributed by atoms with Gasteiger partial charge >= 0.3 is 0 Å². The Morgan fingerprint density at radius 3 is 2.65 bits per heavy atom. The summed E-state index contributed by atoms with van der Waals surface area (Å²) in [6.45, 7) is 3.02. The van der Waals surface area contributed by atoms with Crippen molar-refractivity contribution in [2.24, 2.45) is 10.7 Å². The van der Waals surface area contributed by atoms with Gasteiger partial charge in [-0.05, 0) is 30.4 Å². The van der Waals surface area contributed by atoms with E-state index < -0.39 is 0 Å². The van der Waals surface area contributed by atoms with E-state index in [0.717, 1.165) is 31.5 Å². The van der Waals surface area contributed by atoms with E-state index in [9.17, 15) is 4.39 Å². The third-order valence-electron chi connectivity index (χ3n) is 4.11. The molecule has 0 aromatic heterocycles. The van der Waals surface area contributed by atoms with Crippen molar-refractivity contribution in [1.29, 1.82) is 0 Å². The summed E-state index contributed by atoms with van der Waals surface area (Å²) in [5.41, 5.74) is 6.83. The average molecular weight is 277 g/mol. The highest BCUT2D eigenvalue weighted by Gasteiger charge is 2.32. The van der Waals surface area contributed by atoms with E-state index in [4.69, 9.17) is 10.5 Å². The molecule has 5 heteroatoms. The van der Waals surface area contributed by atoms with E-state index in [1.54, 1.807) is 6.07 Å². The minimum absolute atomic E-state index is 0.110. The summed E-state index contributed by atoms with van der Waals surface area (Å²) in [6.07, 6.45) is 1.76. The summed E-state index contributed by atoms with van der Waals surface area (Å²) in [5, 5.41) is 0. The molecule has 0 bridgehead atoms. The Morgan fingerprint density at radius 2 is 1.95 bits per heavy atom. The fourth-order valence-corrected chi connectivity index (χ4v) is 2.81. The van der Waals surface area contributed by atoms with Gasteiger partial charge in [0.15, 0.2) is 5.96 Å². The van der Waals surface area contributed by atoms with Crippen LogP contribution in [-0.4, -0.2) is 43.2 Å². The van der Waals surface area contributed by atoms with Gasteiger partial charge in [-0.1, -0.05) is 18.2 Å². The molecule has 1 saturated carbocycles. The SMILES string of the molecule is NC(=NC1CC(c2ccccc2F)C1)N1CCOCC1. The molecule has 1 aromatic carbocycles. The maximum atomic E-state index is 13.7. The maximum Gasteiger partial charge on any atom is 0.191 e. The van der Waals surface area contributed by atoms with E-state index in [1.165, 1.54) is 6.07 Å². The molecule has 3 rings (SSSR count). The standard InChI is InChI=1S/C15H20FN3O/c16-14-4-2-1-3-13(14)11-9-12(10-11)18-15(17)19-5-7-20-8-6-19/h1-4,11-12H,5-10H2,(H2,17,18). The van der Waals surface area contributed by atoms with Crippen molar-refractivity contribution in [1.82, 2.24) is 4.90 Å². The van der Waals surface area contributed by atoms with Crippen molar-refractivity contribution in [2.45, 2.75) is 24.8 Å². The second-order valence-electron chi connectivity index (χ2n) is 5.43. The molecular weight excluding hydrogens is 257 g/mol. The van der Waals surface area contributed by atoms with Crippen LogP contribution < -0.4 is 5.73 Å². The van der Waals surface area contributed by atoms with Crippen LogP contribution in [0.1, 0.15) is 24.3 Å². The number of nitrogens with zero attached hydrogens (tertiary/aromatic N) is 2. The molecule has 108 valence electrons. The lowest BCUT2D eigenvalue weighted by atomic mass is 9.76. The van der Waals surface area contributed by atoms with Gasteiger partial charge in [0.1, 0.15) is 5.82 Å². The zero-order valence-electron chi connectivity index (χ0n) is 11.5. The third kappa shape index (κ3) is 2.77. The van der Waals surface area contributed by atoms with Crippen LogP contribution in [-0.2, 0) is 4.74 Å². The summed E-state index contributed by atoms with van der Waals surface area (Å²) >= 11 is 0. The molecule has 1 aliphatic heterocycles. The average Bonchev–Trinajstić information content (AvgIpc) is 2.44. The molecule has 4 nitrogen and oxygen atoms in total. The van der Waals surface area contributed by atoms with Gasteiger partial charge in [0.05, 0.1) is 19.3 Å². The summed E-state index contributed by atoms with van der Waals surface area (Å²) in [4.78, 5) is 6.61. The predicted molar refractivity (Wildman–Crippen MR) is 76.2 cm³/mol. The van der Waals surface area contributed by atoms with Gasteiger partial charge in [-0.15, -0.1) is 0 Å². The molecule has 0 radical (unpaired) electrons. The van der Waals surface area contributed by atoms with Crippen LogP contribution in [0.5, 0.6) is 0 Å². The Hall–Kier alpha value is -1.62. The lowest BCUT2D eigenvalue weighted by Gasteiger charge is -2.35. The second-order valence-corrected chi connectivity index (χ2v) is 5.43. The van der Waals surface area contributed by atoms with Gasteiger partial charge in [0.2, 0.25) is 0 Å². The van der Waals surface area contributed by atoms with Crippen LogP contribution in [0.15, 0.2) is 29.3 Å². The van der Waals surface area contributed by atoms with Crippen LogP contribution in [0.25, 0.3) is 0 Å². The number of nitrogens with two attached hydrogens (primary N) is 1. The normalized spacial score (nSPS) is 27.2. The number of benzene rings is 1. The Labute approximate surface area is 118 Å². The molecule has 2 aliphatic rings. The lowest BCUT2D eigenvalue weighted by molar-refractivity contribution is 0.0671. The first-order chi connectivity index (χ1) is 9.74. The largest absolute Gasteiger partial charge is 0.378 e. The third-order valence-corrected chi connectivity index (χ3v) is 4.11. The van der Waals surface area contributed by atoms with Gasteiger partial charge in [-0.25, -0.2) is 9.38 Å². The van der Waals surface area contributed by atoms with Crippen LogP contribution in [0.4, 0.5) is 4.39 Å². The number of aliphatic imine (C=N–C) groups is 1. The molecule has 0 atom stereocenters. The monoisotopic (exact) mass is 277 g/mol. The van der Waals surface area contributed by atoms with E-state index in [2.05, 4.69) is 9.89 Å². The number of hydrogen-bond donors (Lipinski definition) is 1. The molecule has 1 heterocycles. The molecule has 20 heavy (non-hydrogen) atoms. The van der Waals surface area contributed by atoms with Crippen LogP contribution in [0.3, 0.4) is 0 Å². The smallest absolute Gasteiger partial charge is 0.191 e. The summed E-state index contributed by atoms with van der Waals surface area (Å²) in [5.74, 6) is 0.772. The Bertz CT molecular complexity index is 494. The van der Waals surface area contributed by atoms with Crippen molar-refractivity contribution < 1.29 is 9.13 Å². The summed E-state index contributed by atoms with van der Waals surface area (Å²) < 4.78 is 18.9. The highest BCUT2D eigenvalue weighted by atomic mass is 19.1. The van der Waals surface area contributed by atoms with E-state index in [1.807, 2.05) is 12.1 Å². The first-order valence-corrected chi connectivity index (χ1v) is 7.14. The van der Waals surface area contributed by atoms with Crippen LogP contribution >= 0.6 is 0 Å². The molecule has 0 spiro atoms. The Balaban J connectivity index is 1.56. The van der Waals surface area contributed by atoms with Crippen molar-refractivity contribution in [2.75, 3.05) is 26.3 Å². The fraction of sp³-hybridized carbons (Fsp3) is 0.533. The van der Waals surface area contributed by atoms with Crippen molar-refractivity contribution in [3.8, 4) is 0 Å². The van der Waals surface area contributed by atoms with Gasteiger partial charge in [0.25, 0.3) is 0 Å². The topological polar surface area (TPSA) is 50.8 Å². The van der Waals surface area contributed by atoms with E-state index >= 15 is 0 Å². The van der Waals surface area contributed by atoms with Crippen molar-refractivity contribution in [3.63, 3.8) is 0 Å². The van der Waals surface area contributed by atoms with E-state index in [-0.39, 0.29) is 17.8 Å². The minimum atomic E-state index is -0.110. The zero-order chi connectivity index (χ0) is 13.9. The van der Waals surface area contributed by atoms with Gasteiger partial charge < -0.3 is 15.4 Å². The van der Waals surface area contributed by atoms with Crippen molar-refractivity contribution >= 4 is 5.96 Å². The maximum absolute atomic E-state index is 13.7. The molecule has 2 fully saturated rings. The van der Waals surface area contributed by atoms with Crippen LogP contribution in [0.2, 0.25) is 0 Å². The van der Waals surface area contributed by atoms with Crippen LogP contribution in [0, 0.1) is 5.82 Å². The van der Waals surface area contributed by atoms with Gasteiger partial charge in [-0.3, -0.25) is 0 Å². The van der Waals surface area contributed by atoms with E-state index in [0.29, 0.717) is 19.2 Å². The number of rotatable bonds is 2. The number of hydrogen-bond acceptors (Lipinski definition) is 2. The Kier molecular flexibility index (Phi) is 3.87. The number of guanidine groups is 1. The molecule has 1 aromatic rings. The summed E-state index contributed by atoms with van der Waals surface area (Å²) in [7, 11) is 0. The second kappa shape index (κ2) is 5.79. The van der Waals surface area contributed by atoms with Crippen molar-refractivity contribution in [3.05, 3.63) is 35.6 Å². The lowest BCUT2D eigenvalue weighted by Crippen LogP contribution is -2.46. The molecule has 1 aliphatic carbocycles. The Morgan fingerprint density at radius 1 is 1.25 bits per heavy atom. The first kappa shape index (κ1) is 13.4. The molecule has 0 unspecified atom stereocenters. The predicted octanol–water partition coefficient (Wildman–Crippen LogP) is 1.72. The zero-order valence-corrected chi connectivity index (χ0v) is 11.5. The van der Waals surface area contributed by atoms with Gasteiger partial charge in [-0.2, -0.15) is 0 Å². The number of halogens is 1. The summed E-state index contributed by atoms with van der Waals surface area (Å²) in [6, 6.07) is 7.22.